The van der Waals surface area contributed by atoms with Crippen LogP contribution in [0, 0.1) is 0 Å². The third-order valence-corrected chi connectivity index (χ3v) is 5.51. The number of imide groups is 1. The van der Waals surface area contributed by atoms with Crippen molar-refractivity contribution in [3.05, 3.63) is 59.7 Å². The zero-order valence-corrected chi connectivity index (χ0v) is 16.3. The van der Waals surface area contributed by atoms with Crippen LogP contribution < -0.4 is 10.4 Å². The van der Waals surface area contributed by atoms with E-state index >= 15 is 0 Å². The van der Waals surface area contributed by atoms with Gasteiger partial charge in [0, 0.05) is 13.1 Å². The molecule has 2 aromatic rings. The van der Waals surface area contributed by atoms with Gasteiger partial charge in [-0.2, -0.15) is 0 Å². The summed E-state index contributed by atoms with van der Waals surface area (Å²) >= 11 is 1.03. The standard InChI is InChI=1S/C21H22N2O4S/c1-2-10-23(21(26)27)13-15-4-3-5-17(11-15)16-8-6-14(7-9-16)12-18-19(24)22-20(25)28-18/h3-9,11,18H,2,10,12-13H2,1H3,(H,26,27)(H,22,24,25)/p-1. The van der Waals surface area contributed by atoms with Gasteiger partial charge in [0.15, 0.2) is 0 Å². The van der Waals surface area contributed by atoms with Gasteiger partial charge in [-0.1, -0.05) is 61.2 Å². The van der Waals surface area contributed by atoms with E-state index < -0.39 is 6.09 Å². The quantitative estimate of drug-likeness (QED) is 0.776. The molecule has 1 heterocycles. The number of nitrogens with one attached hydrogen (secondary N) is 1. The first kappa shape index (κ1) is 19.9. The number of carbonyl (C=O) groups is 3. The minimum absolute atomic E-state index is 0.240. The van der Waals surface area contributed by atoms with E-state index in [9.17, 15) is 19.5 Å². The molecule has 0 saturated carbocycles. The third-order valence-electron chi connectivity index (χ3n) is 4.53. The monoisotopic (exact) mass is 397 g/mol. The predicted octanol–water partition coefficient (Wildman–Crippen LogP) is 2.80. The summed E-state index contributed by atoms with van der Waals surface area (Å²) in [4.78, 5) is 35.5. The fraction of sp³-hybridized carbons (Fsp3) is 0.286. The van der Waals surface area contributed by atoms with E-state index in [2.05, 4.69) is 5.32 Å². The summed E-state index contributed by atoms with van der Waals surface area (Å²) in [7, 11) is 0. The zero-order valence-electron chi connectivity index (χ0n) is 15.5. The van der Waals surface area contributed by atoms with Crippen LogP contribution in [0.4, 0.5) is 9.59 Å². The summed E-state index contributed by atoms with van der Waals surface area (Å²) in [6, 6.07) is 15.6. The normalized spacial score (nSPS) is 16.1. The lowest BCUT2D eigenvalue weighted by molar-refractivity contribution is -0.266. The SMILES string of the molecule is CCCN(Cc1cccc(-c2ccc(CC3SC(=O)NC3=O)cc2)c1)C(=O)[O-]. The molecule has 3 amide bonds. The number of carbonyl (C=O) groups excluding carboxylic acids is 3. The van der Waals surface area contributed by atoms with E-state index in [1.807, 2.05) is 55.5 Å². The van der Waals surface area contributed by atoms with Crippen molar-refractivity contribution in [2.24, 2.45) is 0 Å². The predicted molar refractivity (Wildman–Crippen MR) is 107 cm³/mol. The Bertz CT molecular complexity index is 882. The van der Waals surface area contributed by atoms with Crippen molar-refractivity contribution >= 4 is 29.0 Å². The highest BCUT2D eigenvalue weighted by atomic mass is 32.2. The van der Waals surface area contributed by atoms with Crippen LogP contribution in [0.25, 0.3) is 11.1 Å². The van der Waals surface area contributed by atoms with Crippen molar-refractivity contribution in [1.82, 2.24) is 10.2 Å². The average Bonchev–Trinajstić information content (AvgIpc) is 2.99. The van der Waals surface area contributed by atoms with Crippen LogP contribution in [-0.4, -0.2) is 33.9 Å². The van der Waals surface area contributed by atoms with Crippen molar-refractivity contribution in [1.29, 1.82) is 0 Å². The van der Waals surface area contributed by atoms with Crippen LogP contribution in [0.15, 0.2) is 48.5 Å². The second kappa shape index (κ2) is 8.93. The Kier molecular flexibility index (Phi) is 6.36. The van der Waals surface area contributed by atoms with Crippen molar-refractivity contribution in [2.45, 2.75) is 31.6 Å². The maximum Gasteiger partial charge on any atom is 0.286 e. The molecule has 1 aliphatic rings. The molecule has 28 heavy (non-hydrogen) atoms. The van der Waals surface area contributed by atoms with E-state index in [0.717, 1.165) is 40.4 Å². The summed E-state index contributed by atoms with van der Waals surface area (Å²) in [5.41, 5.74) is 3.87. The molecule has 2 aromatic carbocycles. The van der Waals surface area contributed by atoms with Gasteiger partial charge in [-0.25, -0.2) is 0 Å². The molecule has 0 aliphatic carbocycles. The molecule has 1 atom stereocenters. The minimum atomic E-state index is -1.16. The number of hydrogen-bond acceptors (Lipinski definition) is 5. The molecule has 1 saturated heterocycles. The highest BCUT2D eigenvalue weighted by Gasteiger charge is 2.31. The van der Waals surface area contributed by atoms with Crippen molar-refractivity contribution in [2.75, 3.05) is 6.54 Å². The number of carboxylic acid groups (broad SMARTS) is 1. The maximum atomic E-state index is 11.7. The van der Waals surface area contributed by atoms with Crippen LogP contribution in [0.3, 0.4) is 0 Å². The van der Waals surface area contributed by atoms with Crippen LogP contribution >= 0.6 is 11.8 Å². The summed E-state index contributed by atoms with van der Waals surface area (Å²) in [6.07, 6.45) is 0.0713. The Morgan fingerprint density at radius 1 is 1.11 bits per heavy atom. The molecule has 1 fully saturated rings. The molecule has 1 unspecified atom stereocenters. The molecule has 1 N–H and O–H groups in total. The fourth-order valence-electron chi connectivity index (χ4n) is 3.15. The molecule has 1 aliphatic heterocycles. The van der Waals surface area contributed by atoms with Crippen LogP contribution in [0.5, 0.6) is 0 Å². The number of benzene rings is 2. The molecule has 7 heteroatoms. The van der Waals surface area contributed by atoms with E-state index in [1.54, 1.807) is 0 Å². The Balaban J connectivity index is 1.70. The molecule has 0 spiro atoms. The summed E-state index contributed by atoms with van der Waals surface area (Å²) in [5, 5.41) is 12.9. The van der Waals surface area contributed by atoms with Gasteiger partial charge >= 0.3 is 0 Å². The average molecular weight is 397 g/mol. The van der Waals surface area contributed by atoms with Gasteiger partial charge in [-0.3, -0.25) is 14.9 Å². The molecular formula is C21H21N2O4S-. The van der Waals surface area contributed by atoms with E-state index in [4.69, 9.17) is 0 Å². The first-order chi connectivity index (χ1) is 13.5. The fourth-order valence-corrected chi connectivity index (χ4v) is 4.01. The highest BCUT2D eigenvalue weighted by Crippen LogP contribution is 2.25. The van der Waals surface area contributed by atoms with Crippen molar-refractivity contribution < 1.29 is 19.5 Å². The third kappa shape index (κ3) is 4.92. The van der Waals surface area contributed by atoms with Crippen LogP contribution in [-0.2, 0) is 17.8 Å². The lowest BCUT2D eigenvalue weighted by Gasteiger charge is -2.24. The summed E-state index contributed by atoms with van der Waals surface area (Å²) in [5.74, 6) is -0.240. The second-order valence-electron chi connectivity index (χ2n) is 6.67. The van der Waals surface area contributed by atoms with Crippen molar-refractivity contribution in [3.8, 4) is 11.1 Å². The minimum Gasteiger partial charge on any atom is -0.530 e. The van der Waals surface area contributed by atoms with Gasteiger partial charge in [0.2, 0.25) is 5.91 Å². The Morgan fingerprint density at radius 2 is 1.86 bits per heavy atom. The van der Waals surface area contributed by atoms with Gasteiger partial charge in [-0.05, 0) is 41.2 Å². The second-order valence-corrected chi connectivity index (χ2v) is 7.85. The topological polar surface area (TPSA) is 89.5 Å². The molecule has 6 nitrogen and oxygen atoms in total. The highest BCUT2D eigenvalue weighted by molar-refractivity contribution is 8.15. The summed E-state index contributed by atoms with van der Waals surface area (Å²) < 4.78 is 0. The molecule has 0 radical (unpaired) electrons. The lowest BCUT2D eigenvalue weighted by Crippen LogP contribution is -2.41. The van der Waals surface area contributed by atoms with Gasteiger partial charge in [0.25, 0.3) is 5.24 Å². The lowest BCUT2D eigenvalue weighted by atomic mass is 10.00. The van der Waals surface area contributed by atoms with E-state index in [0.29, 0.717) is 19.5 Å². The Morgan fingerprint density at radius 3 is 2.46 bits per heavy atom. The first-order valence-corrected chi connectivity index (χ1v) is 10.00. The van der Waals surface area contributed by atoms with Crippen LogP contribution in [0.1, 0.15) is 24.5 Å². The molecule has 146 valence electrons. The van der Waals surface area contributed by atoms with E-state index in [1.165, 1.54) is 4.90 Å². The van der Waals surface area contributed by atoms with Gasteiger partial charge in [0.1, 0.15) is 6.09 Å². The smallest absolute Gasteiger partial charge is 0.286 e. The maximum absolute atomic E-state index is 11.7. The Labute approximate surface area is 167 Å². The van der Waals surface area contributed by atoms with Crippen LogP contribution in [0.2, 0.25) is 0 Å². The van der Waals surface area contributed by atoms with E-state index in [-0.39, 0.29) is 16.4 Å². The largest absolute Gasteiger partial charge is 0.530 e. The molecular weight excluding hydrogens is 376 g/mol. The number of nitrogens with zero attached hydrogens (tertiary/aromatic N) is 1. The molecule has 0 bridgehead atoms. The number of thioether (sulfide) groups is 1. The number of hydrogen-bond donors (Lipinski definition) is 1. The number of amides is 3. The first-order valence-electron chi connectivity index (χ1n) is 9.12. The van der Waals surface area contributed by atoms with Gasteiger partial charge in [0.05, 0.1) is 5.25 Å². The number of rotatable bonds is 7. The van der Waals surface area contributed by atoms with Gasteiger partial charge in [-0.15, -0.1) is 0 Å². The van der Waals surface area contributed by atoms with Crippen molar-refractivity contribution in [3.63, 3.8) is 0 Å². The molecule has 3 rings (SSSR count). The van der Waals surface area contributed by atoms with Gasteiger partial charge < -0.3 is 14.8 Å². The zero-order chi connectivity index (χ0) is 20.1. The summed E-state index contributed by atoms with van der Waals surface area (Å²) in [6.45, 7) is 2.66. The molecule has 0 aromatic heterocycles. The Hall–Kier alpha value is -2.80.